The molecule has 1 aliphatic heterocycles. The molecule has 0 radical (unpaired) electrons. The largest absolute Gasteiger partial charge is 0.348 e. The third kappa shape index (κ3) is 6.23. The molecule has 51 heavy (non-hydrogen) atoms. The Morgan fingerprint density at radius 1 is 0.588 bits per heavy atom. The summed E-state index contributed by atoms with van der Waals surface area (Å²) in [7, 11) is 0. The van der Waals surface area contributed by atoms with Gasteiger partial charge in [0.25, 0.3) is 0 Å². The van der Waals surface area contributed by atoms with Crippen molar-refractivity contribution in [2.24, 2.45) is 4.99 Å². The first-order chi connectivity index (χ1) is 24.4. The van der Waals surface area contributed by atoms with Crippen molar-refractivity contribution in [2.45, 2.75) is 12.1 Å². The van der Waals surface area contributed by atoms with Crippen LogP contribution in [-0.2, 0) is 12.1 Å². The Kier molecular flexibility index (Phi) is 9.49. The second kappa shape index (κ2) is 14.0. The number of hydrogen-bond acceptors (Lipinski definition) is 10. The van der Waals surface area contributed by atoms with Crippen LogP contribution in [0.1, 0.15) is 27.8 Å². The number of nitrogens with zero attached hydrogens (tertiary/aromatic N) is 7. The van der Waals surface area contributed by atoms with Crippen LogP contribution >= 0.6 is 31.9 Å². The van der Waals surface area contributed by atoms with E-state index in [2.05, 4.69) is 36.9 Å². The van der Waals surface area contributed by atoms with E-state index in [-0.39, 0.29) is 0 Å². The van der Waals surface area contributed by atoms with Crippen molar-refractivity contribution in [3.63, 3.8) is 0 Å². The van der Waals surface area contributed by atoms with Gasteiger partial charge in [0.05, 0.1) is 31.8 Å². The fraction of sp³-hybridized carbons (Fsp3) is 0.0588. The van der Waals surface area contributed by atoms with Gasteiger partial charge in [0.2, 0.25) is 0 Å². The molecule has 1 aliphatic rings. The fourth-order valence-electron chi connectivity index (χ4n) is 6.03. The van der Waals surface area contributed by atoms with E-state index in [1.54, 1.807) is 4.68 Å². The van der Waals surface area contributed by atoms with Crippen LogP contribution in [0.15, 0.2) is 125 Å². The molecule has 15 nitrogen and oxygen atoms in total. The van der Waals surface area contributed by atoms with Crippen LogP contribution in [0.25, 0.3) is 10.9 Å². The third-order valence-corrected chi connectivity index (χ3v) is 9.48. The molecule has 0 saturated heterocycles. The van der Waals surface area contributed by atoms with Crippen molar-refractivity contribution in [1.29, 1.82) is 0 Å². The predicted octanol–water partition coefficient (Wildman–Crippen LogP) is 8.61. The van der Waals surface area contributed by atoms with Crippen LogP contribution in [0, 0.1) is 40.5 Å². The highest BCUT2D eigenvalue weighted by Gasteiger charge is 2.42. The molecule has 7 rings (SSSR count). The molecule has 0 saturated carbocycles. The van der Waals surface area contributed by atoms with Gasteiger partial charge in [-0.1, -0.05) is 91.0 Å². The quantitative estimate of drug-likeness (QED) is 0.0819. The van der Waals surface area contributed by atoms with Gasteiger partial charge in [-0.25, -0.2) is 4.68 Å². The van der Waals surface area contributed by atoms with Crippen molar-refractivity contribution in [2.75, 3.05) is 0 Å². The van der Waals surface area contributed by atoms with E-state index in [9.17, 15) is 40.5 Å². The van der Waals surface area contributed by atoms with Crippen molar-refractivity contribution in [1.82, 2.24) is 9.78 Å². The molecule has 0 atom stereocenters. The van der Waals surface area contributed by atoms with E-state index in [0.717, 1.165) is 16.7 Å². The van der Waals surface area contributed by atoms with Gasteiger partial charge in [0.1, 0.15) is 14.8 Å². The summed E-state index contributed by atoms with van der Waals surface area (Å²) in [6.07, 6.45) is 0. The second-order valence-corrected chi connectivity index (χ2v) is 12.5. The molecule has 254 valence electrons. The number of nitro benzene ring substituents is 4. The zero-order valence-corrected chi connectivity index (χ0v) is 29.0. The monoisotopic (exact) mass is 813 g/mol. The molecule has 0 spiro atoms. The summed E-state index contributed by atoms with van der Waals surface area (Å²) in [6, 6.07) is 33.9. The number of hydrogen-bond donors (Lipinski definition) is 0. The molecular weight excluding hydrogens is 794 g/mol. The van der Waals surface area contributed by atoms with Gasteiger partial charge < -0.3 is 0 Å². The highest BCUT2D eigenvalue weighted by atomic mass is 79.9. The van der Waals surface area contributed by atoms with Crippen LogP contribution in [0.5, 0.6) is 0 Å². The minimum Gasteiger partial charge on any atom is -0.272 e. The Morgan fingerprint density at radius 3 is 1.45 bits per heavy atom. The number of rotatable bonds is 8. The van der Waals surface area contributed by atoms with Gasteiger partial charge in [-0.15, -0.1) is 0 Å². The minimum atomic E-state index is -1.03. The number of nitro groups is 4. The number of halogens is 2. The first-order valence-electron chi connectivity index (χ1n) is 14.8. The van der Waals surface area contributed by atoms with Gasteiger partial charge in [0, 0.05) is 35.2 Å². The maximum absolute atomic E-state index is 11.8. The molecule has 0 amide bonds. The Balaban J connectivity index is 0.000000234. The molecule has 0 bridgehead atoms. The molecular formula is C34H21Br2N7O8. The summed E-state index contributed by atoms with van der Waals surface area (Å²) in [5, 5.41) is 49.9. The molecule has 0 fully saturated rings. The van der Waals surface area contributed by atoms with Gasteiger partial charge in [0.15, 0.2) is 0 Å². The zero-order chi connectivity index (χ0) is 36.4. The van der Waals surface area contributed by atoms with Crippen molar-refractivity contribution in [3.05, 3.63) is 188 Å². The lowest BCUT2D eigenvalue weighted by Gasteiger charge is -2.36. The number of fused-ring (bicyclic) bond motifs is 2. The van der Waals surface area contributed by atoms with Crippen LogP contribution in [0.3, 0.4) is 0 Å². The molecule has 0 unspecified atom stereocenters. The van der Waals surface area contributed by atoms with Crippen LogP contribution < -0.4 is 0 Å². The molecule has 5 aromatic carbocycles. The van der Waals surface area contributed by atoms with E-state index in [1.165, 1.54) is 24.3 Å². The van der Waals surface area contributed by atoms with E-state index < -0.39 is 48.0 Å². The molecule has 0 aliphatic carbocycles. The van der Waals surface area contributed by atoms with E-state index in [4.69, 9.17) is 5.10 Å². The van der Waals surface area contributed by atoms with Crippen molar-refractivity contribution >= 4 is 70.1 Å². The molecule has 2 heterocycles. The van der Waals surface area contributed by atoms with Crippen molar-refractivity contribution in [3.8, 4) is 0 Å². The minimum absolute atomic E-state index is 0.300. The average molecular weight is 815 g/mol. The second-order valence-electron chi connectivity index (χ2n) is 11.0. The smallest absolute Gasteiger partial charge is 0.272 e. The van der Waals surface area contributed by atoms with E-state index in [1.807, 2.05) is 91.0 Å². The molecule has 0 N–H and O–H groups in total. The van der Waals surface area contributed by atoms with Gasteiger partial charge >= 0.3 is 22.7 Å². The van der Waals surface area contributed by atoms with Gasteiger partial charge in [-0.05, 0) is 54.1 Å². The Hall–Kier alpha value is -6.20. The number of aliphatic imine (C=N–C) groups is 1. The zero-order valence-electron chi connectivity index (χ0n) is 25.8. The first kappa shape index (κ1) is 34.7. The van der Waals surface area contributed by atoms with Crippen LogP contribution in [0.4, 0.5) is 22.7 Å². The summed E-state index contributed by atoms with van der Waals surface area (Å²) in [6.45, 7) is 0.300. The van der Waals surface area contributed by atoms with Gasteiger partial charge in [-0.2, -0.15) is 5.10 Å². The van der Waals surface area contributed by atoms with Crippen LogP contribution in [0.2, 0.25) is 0 Å². The standard InChI is InChI=1S/C26H17BrN4O4.C8H4BrN3O4/c27-25-21-16-23(30(32)33)24(31(34)35)17-22(21)29(28-25)26(18-10-4-1-5-11-18,19-12-6-2-7-13-19)20-14-8-3-9-15-20;9-8-5-2-7(12(15)16)6(11(13)14)1-4(5)3-10-8/h1-17H;1-2H,3H2. The highest BCUT2D eigenvalue weighted by Crippen LogP contribution is 2.45. The van der Waals surface area contributed by atoms with Crippen LogP contribution in [-0.4, -0.2) is 34.1 Å². The topological polar surface area (TPSA) is 203 Å². The molecule has 1 aromatic heterocycles. The highest BCUT2D eigenvalue weighted by molar-refractivity contribution is 9.18. The summed E-state index contributed by atoms with van der Waals surface area (Å²) in [5.74, 6) is 0. The predicted molar refractivity (Wildman–Crippen MR) is 194 cm³/mol. The molecule has 17 heteroatoms. The lowest BCUT2D eigenvalue weighted by molar-refractivity contribution is -0.422. The summed E-state index contributed by atoms with van der Waals surface area (Å²) in [4.78, 5) is 45.7. The first-order valence-corrected chi connectivity index (χ1v) is 16.4. The van der Waals surface area contributed by atoms with E-state index >= 15 is 0 Å². The summed E-state index contributed by atoms with van der Waals surface area (Å²) in [5.41, 5.74) is 0.914. The number of aromatic nitrogens is 2. The maximum atomic E-state index is 11.8. The maximum Gasteiger partial charge on any atom is 0.348 e. The third-order valence-electron chi connectivity index (χ3n) is 8.22. The van der Waals surface area contributed by atoms with Crippen molar-refractivity contribution < 1.29 is 19.7 Å². The molecule has 6 aromatic rings. The Morgan fingerprint density at radius 2 is 1.00 bits per heavy atom. The lowest BCUT2D eigenvalue weighted by atomic mass is 9.77. The Bertz CT molecular complexity index is 2290. The Labute approximate surface area is 303 Å². The van der Waals surface area contributed by atoms with E-state index in [0.29, 0.717) is 37.8 Å². The van der Waals surface area contributed by atoms with Gasteiger partial charge in [-0.3, -0.25) is 45.4 Å². The lowest BCUT2D eigenvalue weighted by Crippen LogP contribution is -2.38. The summed E-state index contributed by atoms with van der Waals surface area (Å²) < 4.78 is 2.54. The summed E-state index contributed by atoms with van der Waals surface area (Å²) >= 11 is 6.59. The number of benzene rings is 5. The average Bonchev–Trinajstić information content (AvgIpc) is 3.67. The SMILES string of the molecule is O=[N+]([O-])c1cc2c(Br)nn(C(c3ccccc3)(c3ccccc3)c3ccccc3)c2cc1[N+](=O)[O-].O=[N+]([O-])c1cc2c(cc1[N+](=O)[O-])C(Br)=NC2. The normalized spacial score (nSPS) is 12.0. The fourth-order valence-corrected chi connectivity index (χ4v) is 7.00.